The van der Waals surface area contributed by atoms with Crippen molar-refractivity contribution in [3.63, 3.8) is 0 Å². The first-order valence-electron chi connectivity index (χ1n) is 6.00. The summed E-state index contributed by atoms with van der Waals surface area (Å²) in [6.07, 6.45) is 0. The molecule has 0 aliphatic rings. The van der Waals surface area contributed by atoms with E-state index in [0.29, 0.717) is 6.54 Å². The lowest BCUT2D eigenvalue weighted by molar-refractivity contribution is 0.0690. The molecule has 0 bridgehead atoms. The van der Waals surface area contributed by atoms with Crippen LogP contribution in [0.5, 0.6) is 0 Å². The zero-order valence-electron chi connectivity index (χ0n) is 10.8. The van der Waals surface area contributed by atoms with Crippen LogP contribution < -0.4 is 5.32 Å². The molecule has 3 nitrogen and oxygen atoms in total. The topological polar surface area (TPSA) is 49.3 Å². The van der Waals surface area contributed by atoms with E-state index in [1.54, 1.807) is 0 Å². The van der Waals surface area contributed by atoms with E-state index in [4.69, 9.17) is 5.11 Å². The molecule has 0 aliphatic heterocycles. The molecule has 0 amide bonds. The van der Waals surface area contributed by atoms with Gasteiger partial charge in [0.1, 0.15) is 0 Å². The number of benzene rings is 2. The van der Waals surface area contributed by atoms with E-state index in [9.17, 15) is 13.6 Å². The molecule has 0 radical (unpaired) electrons. The van der Waals surface area contributed by atoms with Crippen molar-refractivity contribution in [2.45, 2.75) is 13.5 Å². The summed E-state index contributed by atoms with van der Waals surface area (Å²) in [5.74, 6) is -4.03. The Kier molecular flexibility index (Phi) is 3.98. The lowest BCUT2D eigenvalue weighted by atomic mass is 10.1. The van der Waals surface area contributed by atoms with Crippen molar-refractivity contribution in [1.29, 1.82) is 0 Å². The molecule has 104 valence electrons. The number of carboxylic acids is 1. The van der Waals surface area contributed by atoms with Crippen LogP contribution in [0.15, 0.2) is 36.4 Å². The van der Waals surface area contributed by atoms with E-state index >= 15 is 0 Å². The van der Waals surface area contributed by atoms with Crippen molar-refractivity contribution in [2.24, 2.45) is 0 Å². The van der Waals surface area contributed by atoms with Gasteiger partial charge in [0, 0.05) is 6.54 Å². The molecule has 0 heterocycles. The highest BCUT2D eigenvalue weighted by Gasteiger charge is 2.17. The first-order valence-corrected chi connectivity index (χ1v) is 6.00. The molecule has 0 saturated heterocycles. The second-order valence-corrected chi connectivity index (χ2v) is 4.37. The van der Waals surface area contributed by atoms with Crippen LogP contribution in [-0.4, -0.2) is 11.1 Å². The summed E-state index contributed by atoms with van der Waals surface area (Å²) in [7, 11) is 0. The summed E-state index contributed by atoms with van der Waals surface area (Å²) >= 11 is 0. The van der Waals surface area contributed by atoms with Crippen LogP contribution >= 0.6 is 0 Å². The standard InChI is InChI=1S/C15H13F2NO2/c1-9-4-2-3-5-10(9)8-18-12-7-6-11(15(19)20)13(16)14(12)17/h2-7,18H,8H2,1H3,(H,19,20). The molecule has 0 aliphatic carbocycles. The zero-order chi connectivity index (χ0) is 14.7. The zero-order valence-corrected chi connectivity index (χ0v) is 10.8. The maximum Gasteiger partial charge on any atom is 0.338 e. The van der Waals surface area contributed by atoms with Crippen LogP contribution in [0.4, 0.5) is 14.5 Å². The number of rotatable bonds is 4. The number of aryl methyl sites for hydroxylation is 1. The lowest BCUT2D eigenvalue weighted by Crippen LogP contribution is -2.08. The van der Waals surface area contributed by atoms with Gasteiger partial charge in [0.2, 0.25) is 0 Å². The molecule has 5 heteroatoms. The number of aromatic carboxylic acids is 1. The van der Waals surface area contributed by atoms with Crippen LogP contribution in [0, 0.1) is 18.6 Å². The second-order valence-electron chi connectivity index (χ2n) is 4.37. The Morgan fingerprint density at radius 1 is 1.15 bits per heavy atom. The van der Waals surface area contributed by atoms with E-state index < -0.39 is 23.2 Å². The van der Waals surface area contributed by atoms with Gasteiger partial charge in [0.25, 0.3) is 0 Å². The predicted molar refractivity (Wildman–Crippen MR) is 71.8 cm³/mol. The maximum atomic E-state index is 13.7. The Labute approximate surface area is 114 Å². The number of anilines is 1. The fourth-order valence-electron chi connectivity index (χ4n) is 1.85. The van der Waals surface area contributed by atoms with Gasteiger partial charge in [-0.1, -0.05) is 24.3 Å². The summed E-state index contributed by atoms with van der Waals surface area (Å²) in [6, 6.07) is 9.81. The van der Waals surface area contributed by atoms with E-state index in [1.807, 2.05) is 31.2 Å². The van der Waals surface area contributed by atoms with E-state index in [0.717, 1.165) is 17.2 Å². The van der Waals surface area contributed by atoms with Crippen molar-refractivity contribution < 1.29 is 18.7 Å². The predicted octanol–water partition coefficient (Wildman–Crippen LogP) is 3.58. The van der Waals surface area contributed by atoms with Gasteiger partial charge in [-0.15, -0.1) is 0 Å². The molecule has 2 aromatic carbocycles. The molecular weight excluding hydrogens is 264 g/mol. The molecule has 20 heavy (non-hydrogen) atoms. The van der Waals surface area contributed by atoms with Gasteiger partial charge in [-0.25, -0.2) is 13.6 Å². The lowest BCUT2D eigenvalue weighted by Gasteiger charge is -2.11. The Morgan fingerprint density at radius 2 is 1.85 bits per heavy atom. The molecule has 0 saturated carbocycles. The minimum Gasteiger partial charge on any atom is -0.478 e. The normalized spacial score (nSPS) is 10.3. The van der Waals surface area contributed by atoms with Crippen LogP contribution in [0.25, 0.3) is 0 Å². The Balaban J connectivity index is 2.21. The first-order chi connectivity index (χ1) is 9.50. The van der Waals surface area contributed by atoms with E-state index in [-0.39, 0.29) is 5.69 Å². The van der Waals surface area contributed by atoms with Crippen LogP contribution in [0.2, 0.25) is 0 Å². The van der Waals surface area contributed by atoms with Gasteiger partial charge in [0.05, 0.1) is 11.3 Å². The van der Waals surface area contributed by atoms with Gasteiger partial charge in [-0.2, -0.15) is 0 Å². The number of nitrogens with one attached hydrogen (secondary N) is 1. The van der Waals surface area contributed by atoms with Crippen LogP contribution in [-0.2, 0) is 6.54 Å². The number of carbonyl (C=O) groups is 1. The quantitative estimate of drug-likeness (QED) is 0.898. The third-order valence-electron chi connectivity index (χ3n) is 3.04. The fourth-order valence-corrected chi connectivity index (χ4v) is 1.85. The third kappa shape index (κ3) is 2.77. The van der Waals surface area contributed by atoms with E-state index in [2.05, 4.69) is 5.32 Å². The number of hydrogen-bond donors (Lipinski definition) is 2. The molecule has 0 fully saturated rings. The monoisotopic (exact) mass is 277 g/mol. The summed E-state index contributed by atoms with van der Waals surface area (Å²) in [6.45, 7) is 2.25. The van der Waals surface area contributed by atoms with Crippen molar-refractivity contribution in [3.05, 3.63) is 64.7 Å². The number of hydrogen-bond acceptors (Lipinski definition) is 2. The largest absolute Gasteiger partial charge is 0.478 e. The van der Waals surface area contributed by atoms with Gasteiger partial charge >= 0.3 is 5.97 Å². The van der Waals surface area contributed by atoms with E-state index in [1.165, 1.54) is 6.07 Å². The van der Waals surface area contributed by atoms with Crippen LogP contribution in [0.1, 0.15) is 21.5 Å². The van der Waals surface area contributed by atoms with Gasteiger partial charge in [-0.3, -0.25) is 0 Å². The third-order valence-corrected chi connectivity index (χ3v) is 3.04. The molecular formula is C15H13F2NO2. The summed E-state index contributed by atoms with van der Waals surface area (Å²) in [5.41, 5.74) is 1.25. The van der Waals surface area contributed by atoms with Crippen molar-refractivity contribution in [1.82, 2.24) is 0 Å². The fraction of sp³-hybridized carbons (Fsp3) is 0.133. The first kappa shape index (κ1) is 14.0. The minimum atomic E-state index is -1.49. The Hall–Kier alpha value is -2.43. The van der Waals surface area contributed by atoms with Gasteiger partial charge in [0.15, 0.2) is 11.6 Å². The highest BCUT2D eigenvalue weighted by atomic mass is 19.2. The minimum absolute atomic E-state index is 0.0595. The smallest absolute Gasteiger partial charge is 0.338 e. The Bertz CT molecular complexity index is 656. The van der Waals surface area contributed by atoms with Gasteiger partial charge < -0.3 is 10.4 Å². The molecule has 0 atom stereocenters. The summed E-state index contributed by atoms with van der Waals surface area (Å²) in [4.78, 5) is 10.7. The Morgan fingerprint density at radius 3 is 2.50 bits per heavy atom. The molecule has 2 aromatic rings. The average molecular weight is 277 g/mol. The summed E-state index contributed by atoms with van der Waals surface area (Å²) in [5, 5.41) is 11.5. The second kappa shape index (κ2) is 5.69. The number of halogens is 2. The highest BCUT2D eigenvalue weighted by molar-refractivity contribution is 5.88. The SMILES string of the molecule is Cc1ccccc1CNc1ccc(C(=O)O)c(F)c1F. The van der Waals surface area contributed by atoms with Crippen LogP contribution in [0.3, 0.4) is 0 Å². The molecule has 2 rings (SSSR count). The molecule has 0 aromatic heterocycles. The van der Waals surface area contributed by atoms with Gasteiger partial charge in [-0.05, 0) is 30.2 Å². The molecule has 0 spiro atoms. The average Bonchev–Trinajstić information content (AvgIpc) is 2.41. The molecule has 0 unspecified atom stereocenters. The maximum absolute atomic E-state index is 13.7. The van der Waals surface area contributed by atoms with Crippen molar-refractivity contribution in [2.75, 3.05) is 5.32 Å². The summed E-state index contributed by atoms with van der Waals surface area (Å²) < 4.78 is 27.2. The van der Waals surface area contributed by atoms with Crippen molar-refractivity contribution >= 4 is 11.7 Å². The highest BCUT2D eigenvalue weighted by Crippen LogP contribution is 2.21. The molecule has 2 N–H and O–H groups in total. The van der Waals surface area contributed by atoms with Crippen molar-refractivity contribution in [3.8, 4) is 0 Å². The number of carboxylic acid groups (broad SMARTS) is 1.